The van der Waals surface area contributed by atoms with Crippen molar-refractivity contribution in [1.82, 2.24) is 24.1 Å². The summed E-state index contributed by atoms with van der Waals surface area (Å²) in [6, 6.07) is 57.0. The lowest BCUT2D eigenvalue weighted by molar-refractivity contribution is 1.02. The van der Waals surface area contributed by atoms with Gasteiger partial charge in [-0.05, 0) is 35.7 Å². The Labute approximate surface area is 276 Å². The van der Waals surface area contributed by atoms with E-state index in [0.29, 0.717) is 5.95 Å². The lowest BCUT2D eigenvalue weighted by Crippen LogP contribution is -2.03. The molecule has 0 radical (unpaired) electrons. The highest BCUT2D eigenvalue weighted by Crippen LogP contribution is 2.41. The van der Waals surface area contributed by atoms with E-state index in [9.17, 15) is 0 Å². The normalized spacial score (nSPS) is 11.8. The summed E-state index contributed by atoms with van der Waals surface area (Å²) < 4.78 is 4.52. The maximum Gasteiger partial charge on any atom is 0.235 e. The summed E-state index contributed by atoms with van der Waals surface area (Å²) in [5.41, 5.74) is 9.07. The van der Waals surface area contributed by atoms with E-state index in [0.717, 1.165) is 82.8 Å². The van der Waals surface area contributed by atoms with Crippen LogP contribution in [-0.2, 0) is 0 Å². The zero-order valence-electron chi connectivity index (χ0n) is 25.8. The number of hydrogen-bond donors (Lipinski definition) is 0. The molecule has 0 aliphatic carbocycles. The zero-order valence-corrected chi connectivity index (χ0v) is 25.8. The van der Waals surface area contributed by atoms with Gasteiger partial charge in [-0.1, -0.05) is 133 Å². The lowest BCUT2D eigenvalue weighted by atomic mass is 10.0. The molecule has 10 rings (SSSR count). The largest absolute Gasteiger partial charge is 0.292 e. The Hall–Kier alpha value is -6.59. The molecule has 7 aromatic carbocycles. The van der Waals surface area contributed by atoms with Crippen LogP contribution in [0.25, 0.3) is 88.8 Å². The number of para-hydroxylation sites is 3. The molecule has 0 aliphatic rings. The molecule has 5 heteroatoms. The highest BCUT2D eigenvalue weighted by Gasteiger charge is 2.23. The monoisotopic (exact) mass is 613 g/mol. The number of hydrogen-bond acceptors (Lipinski definition) is 3. The second kappa shape index (κ2) is 10.5. The van der Waals surface area contributed by atoms with Gasteiger partial charge < -0.3 is 0 Å². The molecular formula is C43H27N5. The minimum atomic E-state index is 0.633. The maximum absolute atomic E-state index is 5.47. The van der Waals surface area contributed by atoms with Crippen LogP contribution in [0.5, 0.6) is 0 Å². The first kappa shape index (κ1) is 26.6. The summed E-state index contributed by atoms with van der Waals surface area (Å²) in [5.74, 6) is 1.53. The Balaban J connectivity index is 1.38. The van der Waals surface area contributed by atoms with E-state index in [1.165, 1.54) is 0 Å². The Morgan fingerprint density at radius 2 is 1.06 bits per heavy atom. The van der Waals surface area contributed by atoms with Gasteiger partial charge in [-0.25, -0.2) is 15.0 Å². The molecule has 0 spiro atoms. The number of fused-ring (bicyclic) bond motifs is 8. The van der Waals surface area contributed by atoms with E-state index >= 15 is 0 Å². The first-order valence-electron chi connectivity index (χ1n) is 16.1. The second-order valence-corrected chi connectivity index (χ2v) is 12.1. The highest BCUT2D eigenvalue weighted by atomic mass is 15.2. The fraction of sp³-hybridized carbons (Fsp3) is 0. The van der Waals surface area contributed by atoms with Crippen LogP contribution in [0.2, 0.25) is 0 Å². The lowest BCUT2D eigenvalue weighted by Gasteiger charge is -2.13. The summed E-state index contributed by atoms with van der Waals surface area (Å²) in [4.78, 5) is 16.0. The Kier molecular flexibility index (Phi) is 5.81. The molecule has 0 N–H and O–H groups in total. The molecule has 0 bridgehead atoms. The number of aromatic nitrogens is 5. The third-order valence-corrected chi connectivity index (χ3v) is 9.32. The molecule has 0 fully saturated rings. The van der Waals surface area contributed by atoms with Crippen LogP contribution in [0.4, 0.5) is 0 Å². The summed E-state index contributed by atoms with van der Waals surface area (Å²) in [7, 11) is 0. The minimum Gasteiger partial charge on any atom is -0.292 e. The van der Waals surface area contributed by atoms with Gasteiger partial charge >= 0.3 is 0 Å². The van der Waals surface area contributed by atoms with E-state index in [2.05, 4.69) is 155 Å². The fourth-order valence-corrected chi connectivity index (χ4v) is 7.21. The molecule has 0 saturated heterocycles. The molecule has 3 heterocycles. The van der Waals surface area contributed by atoms with E-state index in [4.69, 9.17) is 15.0 Å². The van der Waals surface area contributed by atoms with Crippen LogP contribution in [0.1, 0.15) is 0 Å². The van der Waals surface area contributed by atoms with Crippen molar-refractivity contribution in [1.29, 1.82) is 0 Å². The average Bonchev–Trinajstić information content (AvgIpc) is 3.72. The van der Waals surface area contributed by atoms with Gasteiger partial charge in [0.1, 0.15) is 5.82 Å². The zero-order chi connectivity index (χ0) is 31.6. The van der Waals surface area contributed by atoms with Gasteiger partial charge in [0.05, 0.1) is 33.3 Å². The van der Waals surface area contributed by atoms with E-state index in [1.807, 2.05) is 18.2 Å². The third kappa shape index (κ3) is 3.94. The average molecular weight is 614 g/mol. The van der Waals surface area contributed by atoms with Crippen LogP contribution in [0, 0.1) is 0 Å². The van der Waals surface area contributed by atoms with Gasteiger partial charge in [-0.2, -0.15) is 0 Å². The van der Waals surface area contributed by atoms with Gasteiger partial charge in [0.25, 0.3) is 0 Å². The van der Waals surface area contributed by atoms with E-state index in [-0.39, 0.29) is 0 Å². The predicted octanol–water partition coefficient (Wildman–Crippen LogP) is 10.6. The molecule has 224 valence electrons. The minimum absolute atomic E-state index is 0.633. The molecule has 5 nitrogen and oxygen atoms in total. The number of nitrogens with zero attached hydrogens (tertiary/aromatic N) is 5. The summed E-state index contributed by atoms with van der Waals surface area (Å²) in [6.45, 7) is 0. The van der Waals surface area contributed by atoms with Gasteiger partial charge in [0.15, 0.2) is 0 Å². The molecule has 0 atom stereocenters. The molecule has 0 unspecified atom stereocenters. The van der Waals surface area contributed by atoms with Crippen LogP contribution in [0.15, 0.2) is 164 Å². The highest BCUT2D eigenvalue weighted by molar-refractivity contribution is 6.24. The summed E-state index contributed by atoms with van der Waals surface area (Å²) in [6.07, 6.45) is 0. The van der Waals surface area contributed by atoms with Crippen LogP contribution >= 0.6 is 0 Å². The van der Waals surface area contributed by atoms with Crippen molar-refractivity contribution in [2.24, 2.45) is 0 Å². The molecule has 0 saturated carbocycles. The Bertz CT molecular complexity index is 2820. The first-order chi connectivity index (χ1) is 23.8. The van der Waals surface area contributed by atoms with Gasteiger partial charge in [0.2, 0.25) is 5.95 Å². The standard InChI is InChI=1S/C43H27N5/c1-4-14-29(15-5-1)39-34-21-10-12-22-35(34)44-43(46-39)48-36-23-13-11-20-32(36)33-26-24-28-25-27-37-40(38(28)41(33)48)45-42(30-16-6-2-7-17-30)47(37)31-18-8-3-9-19-31/h1-27H. The molecule has 3 aromatic heterocycles. The molecule has 0 aliphatic heterocycles. The van der Waals surface area contributed by atoms with Crippen molar-refractivity contribution in [3.8, 4) is 34.3 Å². The number of benzene rings is 7. The maximum atomic E-state index is 5.47. The van der Waals surface area contributed by atoms with Crippen molar-refractivity contribution in [3.63, 3.8) is 0 Å². The Morgan fingerprint density at radius 1 is 0.417 bits per heavy atom. The van der Waals surface area contributed by atoms with E-state index in [1.54, 1.807) is 0 Å². The van der Waals surface area contributed by atoms with Crippen molar-refractivity contribution in [2.75, 3.05) is 0 Å². The molecule has 10 aromatic rings. The summed E-state index contributed by atoms with van der Waals surface area (Å²) in [5, 5.41) is 5.50. The van der Waals surface area contributed by atoms with Crippen LogP contribution in [0.3, 0.4) is 0 Å². The molecule has 0 amide bonds. The summed E-state index contributed by atoms with van der Waals surface area (Å²) >= 11 is 0. The van der Waals surface area contributed by atoms with Gasteiger partial charge in [-0.15, -0.1) is 0 Å². The predicted molar refractivity (Wildman–Crippen MR) is 197 cm³/mol. The third-order valence-electron chi connectivity index (χ3n) is 9.32. The van der Waals surface area contributed by atoms with Gasteiger partial charge in [-0.3, -0.25) is 9.13 Å². The molecular weight excluding hydrogens is 587 g/mol. The van der Waals surface area contributed by atoms with Crippen LogP contribution in [-0.4, -0.2) is 24.1 Å². The second-order valence-electron chi connectivity index (χ2n) is 12.1. The SMILES string of the molecule is c1ccc(-c2nc(-n3c4ccccc4c4ccc5ccc6c(nc(-c7ccccc7)n6-c6ccccc6)c5c43)nc3ccccc23)cc1. The van der Waals surface area contributed by atoms with Crippen molar-refractivity contribution in [2.45, 2.75) is 0 Å². The fourth-order valence-electron chi connectivity index (χ4n) is 7.21. The number of imidazole rings is 1. The van der Waals surface area contributed by atoms with Crippen LogP contribution < -0.4 is 0 Å². The number of rotatable bonds is 4. The van der Waals surface area contributed by atoms with E-state index < -0.39 is 0 Å². The first-order valence-corrected chi connectivity index (χ1v) is 16.1. The topological polar surface area (TPSA) is 48.5 Å². The van der Waals surface area contributed by atoms with Crippen molar-refractivity contribution in [3.05, 3.63) is 164 Å². The van der Waals surface area contributed by atoms with Crippen molar-refractivity contribution < 1.29 is 0 Å². The molecule has 48 heavy (non-hydrogen) atoms. The smallest absolute Gasteiger partial charge is 0.235 e. The quantitative estimate of drug-likeness (QED) is 0.198. The Morgan fingerprint density at radius 3 is 1.85 bits per heavy atom. The van der Waals surface area contributed by atoms with Gasteiger partial charge in [0, 0.05) is 38.4 Å². The van der Waals surface area contributed by atoms with Crippen molar-refractivity contribution >= 4 is 54.5 Å².